The Labute approximate surface area is 121 Å². The highest BCUT2D eigenvalue weighted by Crippen LogP contribution is 2.13. The largest absolute Gasteiger partial charge is 0.340 e. The normalized spacial score (nSPS) is 18.6. The van der Waals surface area contributed by atoms with Crippen LogP contribution < -0.4 is 5.73 Å². The van der Waals surface area contributed by atoms with Crippen molar-refractivity contribution in [3.05, 3.63) is 0 Å². The van der Waals surface area contributed by atoms with Gasteiger partial charge in [-0.1, -0.05) is 0 Å². The lowest BCUT2D eigenvalue weighted by Crippen LogP contribution is -2.53. The van der Waals surface area contributed by atoms with Crippen LogP contribution in [-0.4, -0.2) is 73.6 Å². The van der Waals surface area contributed by atoms with Crippen molar-refractivity contribution >= 4 is 16.1 Å². The third kappa shape index (κ3) is 4.69. The molecule has 118 valence electrons. The molecule has 1 aliphatic heterocycles. The molecule has 0 bridgehead atoms. The van der Waals surface area contributed by atoms with E-state index in [1.807, 2.05) is 13.8 Å². The summed E-state index contributed by atoms with van der Waals surface area (Å²) in [6, 6.07) is 0. The van der Waals surface area contributed by atoms with E-state index in [0.717, 1.165) is 0 Å². The lowest BCUT2D eigenvalue weighted by molar-refractivity contribution is -0.132. The maximum absolute atomic E-state index is 12.0. The number of amides is 1. The van der Waals surface area contributed by atoms with Crippen molar-refractivity contribution in [2.75, 3.05) is 40.3 Å². The minimum absolute atomic E-state index is 0.0467. The van der Waals surface area contributed by atoms with Gasteiger partial charge in [-0.25, -0.2) is 0 Å². The van der Waals surface area contributed by atoms with Gasteiger partial charge in [0.15, 0.2) is 0 Å². The predicted octanol–water partition coefficient (Wildman–Crippen LogP) is -0.545. The van der Waals surface area contributed by atoms with Gasteiger partial charge in [-0.3, -0.25) is 4.79 Å². The van der Waals surface area contributed by atoms with Crippen molar-refractivity contribution in [1.29, 1.82) is 0 Å². The molecule has 0 aromatic carbocycles. The first kappa shape index (κ1) is 17.4. The van der Waals surface area contributed by atoms with E-state index in [1.54, 1.807) is 4.90 Å². The summed E-state index contributed by atoms with van der Waals surface area (Å²) in [6.45, 7) is 5.36. The van der Waals surface area contributed by atoms with Crippen LogP contribution in [0.4, 0.5) is 0 Å². The summed E-state index contributed by atoms with van der Waals surface area (Å²) in [4.78, 5) is 13.7. The van der Waals surface area contributed by atoms with E-state index in [9.17, 15) is 13.2 Å². The van der Waals surface area contributed by atoms with Crippen molar-refractivity contribution < 1.29 is 13.2 Å². The second kappa shape index (κ2) is 6.38. The topological polar surface area (TPSA) is 87.0 Å². The van der Waals surface area contributed by atoms with Crippen molar-refractivity contribution in [1.82, 2.24) is 13.5 Å². The molecule has 0 aromatic rings. The molecule has 7 nitrogen and oxygen atoms in total. The van der Waals surface area contributed by atoms with Crippen LogP contribution >= 0.6 is 0 Å². The first-order chi connectivity index (χ1) is 9.04. The van der Waals surface area contributed by atoms with Gasteiger partial charge in [-0.15, -0.1) is 0 Å². The highest BCUT2D eigenvalue weighted by Gasteiger charge is 2.30. The molecule has 20 heavy (non-hydrogen) atoms. The van der Waals surface area contributed by atoms with Crippen LogP contribution in [0.5, 0.6) is 0 Å². The fourth-order valence-electron chi connectivity index (χ4n) is 1.99. The average Bonchev–Trinajstić information content (AvgIpc) is 2.35. The lowest BCUT2D eigenvalue weighted by atomic mass is 9.99. The van der Waals surface area contributed by atoms with Gasteiger partial charge in [0.25, 0.3) is 10.2 Å². The summed E-state index contributed by atoms with van der Waals surface area (Å²) in [5.74, 6) is 0.0467. The fraction of sp³-hybridized carbons (Fsp3) is 0.917. The van der Waals surface area contributed by atoms with Gasteiger partial charge >= 0.3 is 0 Å². The van der Waals surface area contributed by atoms with Crippen molar-refractivity contribution in [3.8, 4) is 0 Å². The first-order valence-corrected chi connectivity index (χ1v) is 8.18. The summed E-state index contributed by atoms with van der Waals surface area (Å²) >= 11 is 0. The first-order valence-electron chi connectivity index (χ1n) is 6.78. The van der Waals surface area contributed by atoms with Crippen LogP contribution in [0.25, 0.3) is 0 Å². The molecule has 0 spiro atoms. The van der Waals surface area contributed by atoms with Gasteiger partial charge < -0.3 is 10.6 Å². The van der Waals surface area contributed by atoms with Crippen LogP contribution in [0, 0.1) is 0 Å². The number of hydrogen-bond acceptors (Lipinski definition) is 4. The van der Waals surface area contributed by atoms with Crippen molar-refractivity contribution in [2.45, 2.75) is 32.2 Å². The molecule has 1 saturated heterocycles. The summed E-state index contributed by atoms with van der Waals surface area (Å²) in [6.07, 6.45) is 1.03. The minimum Gasteiger partial charge on any atom is -0.340 e. The number of carbonyl (C=O) groups is 1. The van der Waals surface area contributed by atoms with Gasteiger partial charge in [0.2, 0.25) is 5.91 Å². The summed E-state index contributed by atoms with van der Waals surface area (Å²) < 4.78 is 26.5. The Morgan fingerprint density at radius 1 is 1.20 bits per heavy atom. The molecule has 1 amide bonds. The fourth-order valence-corrected chi connectivity index (χ4v) is 3.07. The van der Waals surface area contributed by atoms with Gasteiger partial charge in [0, 0.05) is 52.2 Å². The standard InChI is InChI=1S/C12H26N4O3S/c1-12(2,13)6-5-11(17)15-7-9-16(10-8-15)20(18,19)14(3)4/h5-10,13H2,1-4H3. The summed E-state index contributed by atoms with van der Waals surface area (Å²) in [5.41, 5.74) is 5.51. The number of nitrogens with zero attached hydrogens (tertiary/aromatic N) is 3. The van der Waals surface area contributed by atoms with Gasteiger partial charge in [-0.05, 0) is 20.3 Å². The lowest BCUT2D eigenvalue weighted by Gasteiger charge is -2.35. The van der Waals surface area contributed by atoms with E-state index in [1.165, 1.54) is 22.7 Å². The van der Waals surface area contributed by atoms with Crippen LogP contribution in [0.3, 0.4) is 0 Å². The maximum atomic E-state index is 12.0. The van der Waals surface area contributed by atoms with Crippen LogP contribution in [0.1, 0.15) is 26.7 Å². The smallest absolute Gasteiger partial charge is 0.281 e. The number of piperazine rings is 1. The Kier molecular flexibility index (Phi) is 5.54. The van der Waals surface area contributed by atoms with E-state index in [-0.39, 0.29) is 11.4 Å². The molecule has 0 atom stereocenters. The molecule has 0 unspecified atom stereocenters. The SMILES string of the molecule is CN(C)S(=O)(=O)N1CCN(C(=O)CCC(C)(C)N)CC1. The monoisotopic (exact) mass is 306 g/mol. The number of nitrogens with two attached hydrogens (primary N) is 1. The van der Waals surface area contributed by atoms with Crippen LogP contribution in [0.2, 0.25) is 0 Å². The van der Waals surface area contributed by atoms with E-state index in [2.05, 4.69) is 0 Å². The molecular formula is C12H26N4O3S. The van der Waals surface area contributed by atoms with Gasteiger partial charge in [-0.2, -0.15) is 17.0 Å². The second-order valence-electron chi connectivity index (χ2n) is 6.06. The number of carbonyl (C=O) groups excluding carboxylic acids is 1. The molecule has 8 heteroatoms. The molecule has 0 saturated carbocycles. The Morgan fingerprint density at radius 2 is 1.70 bits per heavy atom. The van der Waals surface area contributed by atoms with Crippen molar-refractivity contribution in [2.24, 2.45) is 5.73 Å². The highest BCUT2D eigenvalue weighted by atomic mass is 32.2. The Bertz CT molecular complexity index is 434. The average molecular weight is 306 g/mol. The van der Waals surface area contributed by atoms with E-state index in [4.69, 9.17) is 5.73 Å². The van der Waals surface area contributed by atoms with Crippen molar-refractivity contribution in [3.63, 3.8) is 0 Å². The molecule has 1 fully saturated rings. The third-order valence-corrected chi connectivity index (χ3v) is 5.30. The molecular weight excluding hydrogens is 280 g/mol. The quantitative estimate of drug-likeness (QED) is 0.738. The maximum Gasteiger partial charge on any atom is 0.281 e. The molecule has 2 N–H and O–H groups in total. The molecule has 0 radical (unpaired) electrons. The number of rotatable bonds is 5. The molecule has 1 aliphatic rings. The zero-order valence-electron chi connectivity index (χ0n) is 12.8. The van der Waals surface area contributed by atoms with E-state index >= 15 is 0 Å². The van der Waals surface area contributed by atoms with E-state index < -0.39 is 10.2 Å². The second-order valence-corrected chi connectivity index (χ2v) is 8.20. The molecule has 1 rings (SSSR count). The zero-order valence-corrected chi connectivity index (χ0v) is 13.6. The zero-order chi connectivity index (χ0) is 15.6. The number of hydrogen-bond donors (Lipinski definition) is 1. The Balaban J connectivity index is 2.49. The summed E-state index contributed by atoms with van der Waals surface area (Å²) in [5, 5.41) is 0. The minimum atomic E-state index is -3.38. The molecule has 1 heterocycles. The van der Waals surface area contributed by atoms with Gasteiger partial charge in [0.05, 0.1) is 0 Å². The molecule has 0 aliphatic carbocycles. The predicted molar refractivity (Wildman–Crippen MR) is 78.3 cm³/mol. The van der Waals surface area contributed by atoms with Crippen LogP contribution in [-0.2, 0) is 15.0 Å². The Morgan fingerprint density at radius 3 is 2.10 bits per heavy atom. The third-order valence-electron chi connectivity index (χ3n) is 3.36. The van der Waals surface area contributed by atoms with Gasteiger partial charge in [0.1, 0.15) is 0 Å². The highest BCUT2D eigenvalue weighted by molar-refractivity contribution is 7.86. The Hall–Kier alpha value is -0.700. The summed E-state index contributed by atoms with van der Waals surface area (Å²) in [7, 11) is -0.356. The van der Waals surface area contributed by atoms with Crippen LogP contribution in [0.15, 0.2) is 0 Å². The molecule has 0 aromatic heterocycles. The van der Waals surface area contributed by atoms with E-state index in [0.29, 0.717) is 39.0 Å².